The Morgan fingerprint density at radius 2 is 2.00 bits per heavy atom. The van der Waals surface area contributed by atoms with E-state index >= 15 is 0 Å². The molecule has 2 N–H and O–H groups in total. The number of ether oxygens (including phenoxy) is 3. The third kappa shape index (κ3) is 4.96. The molecular formula is C23H27N3O5. The highest BCUT2D eigenvalue weighted by Crippen LogP contribution is 2.51. The van der Waals surface area contributed by atoms with Gasteiger partial charge in [-0.2, -0.15) is 0 Å². The van der Waals surface area contributed by atoms with E-state index < -0.39 is 11.7 Å². The number of alkyl carbamates (subject to hydrolysis) is 1. The van der Waals surface area contributed by atoms with E-state index in [0.717, 1.165) is 12.8 Å². The number of hydrogen-bond donors (Lipinski definition) is 2. The highest BCUT2D eigenvalue weighted by Gasteiger charge is 2.45. The van der Waals surface area contributed by atoms with Gasteiger partial charge < -0.3 is 24.8 Å². The van der Waals surface area contributed by atoms with E-state index in [1.165, 1.54) is 23.7 Å². The summed E-state index contributed by atoms with van der Waals surface area (Å²) >= 11 is 0. The molecule has 2 aromatic rings. The van der Waals surface area contributed by atoms with Gasteiger partial charge in [-0.3, -0.25) is 4.79 Å². The van der Waals surface area contributed by atoms with Gasteiger partial charge in [0, 0.05) is 6.07 Å². The molecule has 0 unspecified atom stereocenters. The molecule has 2 aliphatic rings. The lowest BCUT2D eigenvalue weighted by atomic mass is 9.75. The fourth-order valence-corrected chi connectivity index (χ4v) is 3.68. The highest BCUT2D eigenvalue weighted by molar-refractivity contribution is 5.93. The van der Waals surface area contributed by atoms with Gasteiger partial charge in [0.05, 0.1) is 24.1 Å². The first kappa shape index (κ1) is 21.1. The molecule has 0 atom stereocenters. The first-order chi connectivity index (χ1) is 14.7. The summed E-state index contributed by atoms with van der Waals surface area (Å²) in [6.45, 7) is 5.72. The molecule has 2 heterocycles. The van der Waals surface area contributed by atoms with Crippen molar-refractivity contribution in [3.8, 4) is 11.6 Å². The molecule has 1 saturated carbocycles. The Morgan fingerprint density at radius 3 is 2.65 bits per heavy atom. The Hall–Kier alpha value is -3.13. The van der Waals surface area contributed by atoms with Gasteiger partial charge in [-0.15, -0.1) is 0 Å². The van der Waals surface area contributed by atoms with Gasteiger partial charge in [0.15, 0.2) is 0 Å². The second-order valence-corrected chi connectivity index (χ2v) is 8.85. The normalized spacial score (nSPS) is 16.2. The summed E-state index contributed by atoms with van der Waals surface area (Å²) in [5, 5.41) is 5.08. The molecule has 8 heteroatoms. The van der Waals surface area contributed by atoms with Crippen molar-refractivity contribution in [3.63, 3.8) is 0 Å². The van der Waals surface area contributed by atoms with Crippen molar-refractivity contribution < 1.29 is 23.8 Å². The minimum absolute atomic E-state index is 0.121. The van der Waals surface area contributed by atoms with Crippen LogP contribution in [0.4, 0.5) is 10.5 Å². The number of hydrogen-bond acceptors (Lipinski definition) is 6. The molecule has 0 saturated heterocycles. The number of fused-ring (bicyclic) bond motifs is 2. The average molecular weight is 425 g/mol. The molecule has 164 valence electrons. The lowest BCUT2D eigenvalue weighted by molar-refractivity contribution is -0.115. The summed E-state index contributed by atoms with van der Waals surface area (Å²) in [4.78, 5) is 27.9. The lowest BCUT2D eigenvalue weighted by Crippen LogP contribution is -2.37. The van der Waals surface area contributed by atoms with Crippen LogP contribution in [0.5, 0.6) is 11.6 Å². The molecule has 1 aromatic carbocycles. The number of amides is 2. The summed E-state index contributed by atoms with van der Waals surface area (Å²) < 4.78 is 17.0. The topological polar surface area (TPSA) is 98.8 Å². The third-order valence-corrected chi connectivity index (χ3v) is 5.27. The predicted molar refractivity (Wildman–Crippen MR) is 114 cm³/mol. The van der Waals surface area contributed by atoms with E-state index in [1.54, 1.807) is 32.9 Å². The molecular weight excluding hydrogens is 398 g/mol. The van der Waals surface area contributed by atoms with E-state index in [2.05, 4.69) is 15.6 Å². The van der Waals surface area contributed by atoms with Crippen molar-refractivity contribution in [2.75, 3.05) is 11.9 Å². The molecule has 2 amide bonds. The summed E-state index contributed by atoms with van der Waals surface area (Å²) in [5.74, 6) is 0.749. The Balaban J connectivity index is 1.30. The number of benzene rings is 1. The maximum absolute atomic E-state index is 12.0. The zero-order valence-electron chi connectivity index (χ0n) is 18.0. The van der Waals surface area contributed by atoms with Crippen molar-refractivity contribution in [3.05, 3.63) is 47.7 Å². The standard InChI is InChI=1S/C23H27N3O5/c1-22(2,3)31-21(28)25-13-19(27)26-16-6-8-20(24-12-16)30-17-7-5-15-14-29-23(9-4-10-23)18(15)11-17/h5-8,11-12H,4,9-10,13-14H2,1-3H3,(H,25,28)(H,26,27). The van der Waals surface area contributed by atoms with Crippen molar-refractivity contribution in [1.29, 1.82) is 0 Å². The number of nitrogens with one attached hydrogen (secondary N) is 2. The van der Waals surface area contributed by atoms with Crippen molar-refractivity contribution >= 4 is 17.7 Å². The number of nitrogens with zero attached hydrogens (tertiary/aromatic N) is 1. The second kappa shape index (κ2) is 8.19. The summed E-state index contributed by atoms with van der Waals surface area (Å²) in [7, 11) is 0. The Kier molecular flexibility index (Phi) is 5.58. The van der Waals surface area contributed by atoms with Crippen LogP contribution < -0.4 is 15.4 Å². The third-order valence-electron chi connectivity index (χ3n) is 5.27. The van der Waals surface area contributed by atoms with Gasteiger partial charge in [-0.1, -0.05) is 6.07 Å². The molecule has 0 bridgehead atoms. The van der Waals surface area contributed by atoms with Crippen molar-refractivity contribution in [2.45, 2.75) is 57.8 Å². The van der Waals surface area contributed by atoms with E-state index in [1.807, 2.05) is 18.2 Å². The molecule has 1 aromatic heterocycles. The van der Waals surface area contributed by atoms with E-state index in [0.29, 0.717) is 23.9 Å². The fraction of sp³-hybridized carbons (Fsp3) is 0.435. The smallest absolute Gasteiger partial charge is 0.408 e. The number of rotatable bonds is 5. The van der Waals surface area contributed by atoms with Crippen LogP contribution >= 0.6 is 0 Å². The fourth-order valence-electron chi connectivity index (χ4n) is 3.68. The van der Waals surface area contributed by atoms with Crippen LogP contribution in [0, 0.1) is 0 Å². The van der Waals surface area contributed by atoms with Crippen LogP contribution in [0.3, 0.4) is 0 Å². The van der Waals surface area contributed by atoms with Crippen molar-refractivity contribution in [1.82, 2.24) is 10.3 Å². The molecule has 31 heavy (non-hydrogen) atoms. The molecule has 4 rings (SSSR count). The van der Waals surface area contributed by atoms with Crippen LogP contribution in [0.15, 0.2) is 36.5 Å². The number of carbonyl (C=O) groups excluding carboxylic acids is 2. The van der Waals surface area contributed by atoms with Gasteiger partial charge in [0.1, 0.15) is 17.9 Å². The monoisotopic (exact) mass is 425 g/mol. The summed E-state index contributed by atoms with van der Waals surface area (Å²) in [6, 6.07) is 9.38. The lowest BCUT2D eigenvalue weighted by Gasteiger charge is -2.38. The van der Waals surface area contributed by atoms with Gasteiger partial charge in [0.25, 0.3) is 0 Å². The van der Waals surface area contributed by atoms with Crippen LogP contribution in [0.1, 0.15) is 51.2 Å². The number of aromatic nitrogens is 1. The first-order valence-corrected chi connectivity index (χ1v) is 10.4. The number of carbonyl (C=O) groups is 2. The largest absolute Gasteiger partial charge is 0.444 e. The van der Waals surface area contributed by atoms with Gasteiger partial charge in [0.2, 0.25) is 11.8 Å². The van der Waals surface area contributed by atoms with Gasteiger partial charge in [-0.05, 0) is 69.4 Å². The maximum atomic E-state index is 12.0. The zero-order valence-corrected chi connectivity index (χ0v) is 18.0. The minimum Gasteiger partial charge on any atom is -0.444 e. The Labute approximate surface area is 181 Å². The quantitative estimate of drug-likeness (QED) is 0.743. The Bertz CT molecular complexity index is 978. The molecule has 0 radical (unpaired) electrons. The number of anilines is 1. The van der Waals surface area contributed by atoms with E-state index in [9.17, 15) is 9.59 Å². The number of pyridine rings is 1. The van der Waals surface area contributed by atoms with Crippen molar-refractivity contribution in [2.24, 2.45) is 0 Å². The van der Waals surface area contributed by atoms with Crippen LogP contribution in [0.2, 0.25) is 0 Å². The highest BCUT2D eigenvalue weighted by atomic mass is 16.6. The summed E-state index contributed by atoms with van der Waals surface area (Å²) in [6.07, 6.45) is 4.16. The molecule has 1 spiro atoms. The second-order valence-electron chi connectivity index (χ2n) is 8.85. The first-order valence-electron chi connectivity index (χ1n) is 10.4. The van der Waals surface area contributed by atoms with Gasteiger partial charge in [-0.25, -0.2) is 9.78 Å². The van der Waals surface area contributed by atoms with E-state index in [-0.39, 0.29) is 18.1 Å². The van der Waals surface area contributed by atoms with Gasteiger partial charge >= 0.3 is 6.09 Å². The zero-order chi connectivity index (χ0) is 22.1. The summed E-state index contributed by atoms with van der Waals surface area (Å²) in [5.41, 5.74) is 2.20. The predicted octanol–water partition coefficient (Wildman–Crippen LogP) is 4.25. The average Bonchev–Trinajstić information content (AvgIpc) is 3.06. The van der Waals surface area contributed by atoms with Crippen LogP contribution in [-0.2, 0) is 26.5 Å². The molecule has 1 fully saturated rings. The van der Waals surface area contributed by atoms with E-state index in [4.69, 9.17) is 14.2 Å². The van der Waals surface area contributed by atoms with Crippen LogP contribution in [-0.4, -0.2) is 29.1 Å². The SMILES string of the molecule is CC(C)(C)OC(=O)NCC(=O)Nc1ccc(Oc2ccc3c(c2)C2(CCC2)OC3)nc1. The van der Waals surface area contributed by atoms with Crippen LogP contribution in [0.25, 0.3) is 0 Å². The molecule has 8 nitrogen and oxygen atoms in total. The Morgan fingerprint density at radius 1 is 1.19 bits per heavy atom. The molecule has 1 aliphatic carbocycles. The minimum atomic E-state index is -0.645. The maximum Gasteiger partial charge on any atom is 0.408 e. The molecule has 1 aliphatic heterocycles.